The van der Waals surface area contributed by atoms with E-state index in [0.717, 1.165) is 0 Å². The molecule has 1 N–H and O–H groups in total. The molecule has 0 saturated heterocycles. The van der Waals surface area contributed by atoms with Crippen LogP contribution in [-0.4, -0.2) is 41.5 Å². The highest BCUT2D eigenvalue weighted by molar-refractivity contribution is 6.36. The zero-order valence-electron chi connectivity index (χ0n) is 15.6. The predicted molar refractivity (Wildman–Crippen MR) is 107 cm³/mol. The highest BCUT2D eigenvalue weighted by Gasteiger charge is 2.21. The van der Waals surface area contributed by atoms with Gasteiger partial charge in [0.1, 0.15) is 5.69 Å². The summed E-state index contributed by atoms with van der Waals surface area (Å²) in [7, 11) is 2.42. The van der Waals surface area contributed by atoms with E-state index in [2.05, 4.69) is 10.3 Å². The number of rotatable bonds is 4. The number of aromatic nitrogens is 2. The van der Waals surface area contributed by atoms with Crippen molar-refractivity contribution in [1.29, 1.82) is 0 Å². The molecule has 0 atom stereocenters. The number of carbonyl (C=O) groups excluding carboxylic acids is 3. The van der Waals surface area contributed by atoms with Crippen LogP contribution in [0, 0.1) is 6.92 Å². The molecule has 0 aliphatic carbocycles. The van der Waals surface area contributed by atoms with E-state index < -0.39 is 17.8 Å². The largest absolute Gasteiger partial charge is 0.465 e. The monoisotopic (exact) mass is 435 g/mol. The molecule has 0 aliphatic heterocycles. The third-order valence-electron chi connectivity index (χ3n) is 4.06. The topological polar surface area (TPSA) is 99.0 Å². The lowest BCUT2D eigenvalue weighted by molar-refractivity contribution is 0.0599. The van der Waals surface area contributed by atoms with Gasteiger partial charge in [-0.3, -0.25) is 9.20 Å². The normalized spacial score (nSPS) is 10.7. The third kappa shape index (κ3) is 4.03. The van der Waals surface area contributed by atoms with Gasteiger partial charge in [-0.25, -0.2) is 14.6 Å². The number of ether oxygens (including phenoxy) is 2. The van der Waals surface area contributed by atoms with Crippen LogP contribution >= 0.6 is 23.2 Å². The van der Waals surface area contributed by atoms with E-state index >= 15 is 0 Å². The average Bonchev–Trinajstić information content (AvgIpc) is 3.02. The smallest absolute Gasteiger partial charge is 0.337 e. The summed E-state index contributed by atoms with van der Waals surface area (Å²) in [5, 5.41) is 3.27. The van der Waals surface area contributed by atoms with Crippen molar-refractivity contribution in [1.82, 2.24) is 9.38 Å². The van der Waals surface area contributed by atoms with Gasteiger partial charge in [0, 0.05) is 11.9 Å². The molecule has 0 saturated carbocycles. The van der Waals surface area contributed by atoms with Gasteiger partial charge >= 0.3 is 11.9 Å². The van der Waals surface area contributed by atoms with Crippen molar-refractivity contribution in [3.8, 4) is 0 Å². The first-order valence-corrected chi connectivity index (χ1v) is 8.97. The molecule has 2 aromatic heterocycles. The molecule has 150 valence electrons. The van der Waals surface area contributed by atoms with Crippen LogP contribution in [0.1, 0.15) is 36.9 Å². The predicted octanol–water partition coefficient (Wildman–Crippen LogP) is 3.78. The average molecular weight is 436 g/mol. The number of carbonyl (C=O) groups is 3. The minimum Gasteiger partial charge on any atom is -0.465 e. The van der Waals surface area contributed by atoms with Crippen LogP contribution in [0.15, 0.2) is 30.5 Å². The Labute approximate surface area is 175 Å². The molecular formula is C19H15Cl2N3O5. The first kappa shape index (κ1) is 20.6. The van der Waals surface area contributed by atoms with Crippen molar-refractivity contribution in [2.75, 3.05) is 19.5 Å². The van der Waals surface area contributed by atoms with Crippen LogP contribution in [-0.2, 0) is 9.47 Å². The molecule has 10 heteroatoms. The highest BCUT2D eigenvalue weighted by atomic mass is 35.5. The van der Waals surface area contributed by atoms with E-state index in [-0.39, 0.29) is 22.5 Å². The maximum atomic E-state index is 12.9. The molecule has 0 fully saturated rings. The summed E-state index contributed by atoms with van der Waals surface area (Å²) in [6.45, 7) is 1.65. The maximum absolute atomic E-state index is 12.9. The van der Waals surface area contributed by atoms with Crippen molar-refractivity contribution in [3.05, 3.63) is 63.0 Å². The Morgan fingerprint density at radius 3 is 2.14 bits per heavy atom. The quantitative estimate of drug-likeness (QED) is 0.626. The second-order valence-electron chi connectivity index (χ2n) is 5.98. The molecule has 0 radical (unpaired) electrons. The van der Waals surface area contributed by atoms with E-state index in [0.29, 0.717) is 21.4 Å². The van der Waals surface area contributed by atoms with Crippen molar-refractivity contribution in [3.63, 3.8) is 0 Å². The number of nitrogens with zero attached hydrogens (tertiary/aromatic N) is 2. The number of esters is 2. The molecule has 2 heterocycles. The van der Waals surface area contributed by atoms with Gasteiger partial charge in [-0.15, -0.1) is 0 Å². The Morgan fingerprint density at radius 2 is 1.59 bits per heavy atom. The van der Waals surface area contributed by atoms with Crippen molar-refractivity contribution in [2.24, 2.45) is 0 Å². The van der Waals surface area contributed by atoms with Crippen molar-refractivity contribution in [2.45, 2.75) is 6.92 Å². The molecule has 0 unspecified atom stereocenters. The summed E-state index contributed by atoms with van der Waals surface area (Å²) < 4.78 is 10.9. The van der Waals surface area contributed by atoms with E-state index in [1.165, 1.54) is 49.1 Å². The molecule has 1 amide bonds. The summed E-state index contributed by atoms with van der Waals surface area (Å²) in [5.41, 5.74) is 1.34. The SMILES string of the molecule is COC(=O)c1cc(NC(=O)c2c(C)nc3c(Cl)cc(Cl)cn23)cc(C(=O)OC)c1. The van der Waals surface area contributed by atoms with E-state index in [1.807, 2.05) is 0 Å². The van der Waals surface area contributed by atoms with Gasteiger partial charge in [-0.05, 0) is 31.2 Å². The number of methoxy groups -OCH3 is 2. The number of aryl methyl sites for hydroxylation is 1. The standard InChI is InChI=1S/C19H15Cl2N3O5/c1-9-15(24-8-12(20)7-14(21)16(24)22-9)17(25)23-13-5-10(18(26)28-2)4-11(6-13)19(27)29-3/h4-8H,1-3H3,(H,23,25). The van der Waals surface area contributed by atoms with Crippen molar-refractivity contribution >= 4 is 52.4 Å². The zero-order valence-corrected chi connectivity index (χ0v) is 17.1. The zero-order chi connectivity index (χ0) is 21.3. The lowest BCUT2D eigenvalue weighted by Gasteiger charge is -2.10. The molecule has 0 bridgehead atoms. The van der Waals surface area contributed by atoms with Crippen LogP contribution < -0.4 is 5.32 Å². The summed E-state index contributed by atoms with van der Waals surface area (Å²) in [4.78, 5) is 41.1. The summed E-state index contributed by atoms with van der Waals surface area (Å²) in [6.07, 6.45) is 1.52. The number of hydrogen-bond acceptors (Lipinski definition) is 6. The summed E-state index contributed by atoms with van der Waals surface area (Å²) in [6, 6.07) is 5.60. The first-order chi connectivity index (χ1) is 13.7. The van der Waals surface area contributed by atoms with Gasteiger partial charge in [-0.2, -0.15) is 0 Å². The number of nitrogens with one attached hydrogen (secondary N) is 1. The second-order valence-corrected chi connectivity index (χ2v) is 6.83. The Hall–Kier alpha value is -3.10. The van der Waals surface area contributed by atoms with Gasteiger partial charge in [0.25, 0.3) is 5.91 Å². The molecule has 0 aliphatic rings. The summed E-state index contributed by atoms with van der Waals surface area (Å²) >= 11 is 12.2. The second kappa shape index (κ2) is 8.10. The Bertz CT molecular complexity index is 1120. The van der Waals surface area contributed by atoms with Crippen LogP contribution in [0.25, 0.3) is 5.65 Å². The molecular weight excluding hydrogens is 421 g/mol. The number of hydrogen-bond donors (Lipinski definition) is 1. The molecule has 29 heavy (non-hydrogen) atoms. The van der Waals surface area contributed by atoms with Gasteiger partial charge in [0.2, 0.25) is 0 Å². The van der Waals surface area contributed by atoms with Crippen LogP contribution in [0.4, 0.5) is 5.69 Å². The number of amides is 1. The summed E-state index contributed by atoms with van der Waals surface area (Å²) in [5.74, 6) is -1.88. The fraction of sp³-hybridized carbons (Fsp3) is 0.158. The van der Waals surface area contributed by atoms with E-state index in [9.17, 15) is 14.4 Å². The molecule has 1 aromatic carbocycles. The van der Waals surface area contributed by atoms with Gasteiger partial charge < -0.3 is 14.8 Å². The van der Waals surface area contributed by atoms with Crippen LogP contribution in [0.2, 0.25) is 10.0 Å². The lowest BCUT2D eigenvalue weighted by Crippen LogP contribution is -2.17. The molecule has 0 spiro atoms. The fourth-order valence-corrected chi connectivity index (χ4v) is 3.33. The van der Waals surface area contributed by atoms with Crippen molar-refractivity contribution < 1.29 is 23.9 Å². The van der Waals surface area contributed by atoms with Crippen LogP contribution in [0.5, 0.6) is 0 Å². The van der Waals surface area contributed by atoms with Gasteiger partial charge in [-0.1, -0.05) is 23.2 Å². The van der Waals surface area contributed by atoms with Crippen LogP contribution in [0.3, 0.4) is 0 Å². The number of halogens is 2. The number of fused-ring (bicyclic) bond motifs is 1. The molecule has 3 rings (SSSR count). The van der Waals surface area contributed by atoms with E-state index in [4.69, 9.17) is 32.7 Å². The number of pyridine rings is 1. The Kier molecular flexibility index (Phi) is 5.76. The fourth-order valence-electron chi connectivity index (χ4n) is 2.82. The number of anilines is 1. The third-order valence-corrected chi connectivity index (χ3v) is 4.55. The minimum atomic E-state index is -0.671. The number of benzene rings is 1. The van der Waals surface area contributed by atoms with E-state index in [1.54, 1.807) is 6.92 Å². The first-order valence-electron chi connectivity index (χ1n) is 8.22. The molecule has 3 aromatic rings. The Balaban J connectivity index is 2.05. The molecule has 8 nitrogen and oxygen atoms in total. The lowest BCUT2D eigenvalue weighted by atomic mass is 10.1. The Morgan fingerprint density at radius 1 is 1.00 bits per heavy atom. The maximum Gasteiger partial charge on any atom is 0.337 e. The van der Waals surface area contributed by atoms with Gasteiger partial charge in [0.15, 0.2) is 5.65 Å². The number of imidazole rings is 1. The van der Waals surface area contributed by atoms with Gasteiger partial charge in [0.05, 0.1) is 41.1 Å². The minimum absolute atomic E-state index is 0.0756. The highest BCUT2D eigenvalue weighted by Crippen LogP contribution is 2.25.